The smallest absolute Gasteiger partial charge is 0.343 e. The second-order valence-corrected chi connectivity index (χ2v) is 11.9. The van der Waals surface area contributed by atoms with Crippen molar-refractivity contribution in [3.63, 3.8) is 0 Å². The quantitative estimate of drug-likeness (QED) is 0.0628. The molecule has 2 aromatic carbocycles. The van der Waals surface area contributed by atoms with Crippen molar-refractivity contribution in [2.75, 3.05) is 7.11 Å². The van der Waals surface area contributed by atoms with Gasteiger partial charge in [-0.25, -0.2) is 19.8 Å². The van der Waals surface area contributed by atoms with E-state index < -0.39 is 0 Å². The Kier molecular flexibility index (Phi) is 20.8. The topological polar surface area (TPSA) is 238 Å². The molecule has 0 atom stereocenters. The summed E-state index contributed by atoms with van der Waals surface area (Å²) >= 11 is 4.63. The van der Waals surface area contributed by atoms with Gasteiger partial charge >= 0.3 is 11.4 Å². The second-order valence-electron chi connectivity index (χ2n) is 11.8. The number of halogens is 1. The molecule has 0 amide bonds. The highest BCUT2D eigenvalue weighted by Crippen LogP contribution is 2.37. The SMILES string of the molecule is C.C.CC(C)c1cc(-c2n[nH]c(=O)n2C(C)C)c(O)cc1O.CO.Cc1cc(C)c(C(C)C)cc1-c1n[nH]c(=O)n1C(C)C.N/N=N/N=NCl. The van der Waals surface area contributed by atoms with Crippen molar-refractivity contribution in [1.82, 2.24) is 29.5 Å². The molecule has 0 unspecified atom stereocenters. The molecule has 4 aromatic rings. The van der Waals surface area contributed by atoms with Crippen LogP contribution in [0.1, 0.15) is 116 Å². The van der Waals surface area contributed by atoms with E-state index in [1.54, 1.807) is 10.6 Å². The summed E-state index contributed by atoms with van der Waals surface area (Å²) in [5.74, 6) is 6.03. The van der Waals surface area contributed by atoms with Gasteiger partial charge < -0.3 is 21.2 Å². The van der Waals surface area contributed by atoms with Gasteiger partial charge in [0, 0.05) is 30.8 Å². The Hall–Kier alpha value is -4.83. The zero-order valence-electron chi connectivity index (χ0n) is 29.3. The molecule has 0 aliphatic heterocycles. The van der Waals surface area contributed by atoms with Gasteiger partial charge in [0.25, 0.3) is 0 Å². The average Bonchev–Trinajstić information content (AvgIpc) is 3.59. The first-order chi connectivity index (χ1) is 22.6. The lowest BCUT2D eigenvalue weighted by atomic mass is 9.92. The lowest BCUT2D eigenvalue weighted by molar-refractivity contribution is 0.399. The van der Waals surface area contributed by atoms with E-state index in [1.807, 2.05) is 41.5 Å². The van der Waals surface area contributed by atoms with E-state index in [0.717, 1.165) is 24.1 Å². The highest BCUT2D eigenvalue weighted by Gasteiger charge is 2.20. The normalized spacial score (nSPS) is 10.7. The van der Waals surface area contributed by atoms with Crippen molar-refractivity contribution in [3.8, 4) is 34.3 Å². The van der Waals surface area contributed by atoms with Crippen LogP contribution >= 0.6 is 11.8 Å². The van der Waals surface area contributed by atoms with Crippen molar-refractivity contribution >= 4 is 11.8 Å². The first-order valence-electron chi connectivity index (χ1n) is 15.1. The number of aromatic amines is 2. The molecule has 17 heteroatoms. The molecular formula is C33H56ClN11O5. The zero-order valence-corrected chi connectivity index (χ0v) is 30.1. The Morgan fingerprint density at radius 2 is 1.14 bits per heavy atom. The molecule has 16 nitrogen and oxygen atoms in total. The number of hydrogen-bond acceptors (Lipinski definition) is 9. The number of phenols is 2. The minimum absolute atomic E-state index is 0. The predicted octanol–water partition coefficient (Wildman–Crippen LogP) is 7.63. The summed E-state index contributed by atoms with van der Waals surface area (Å²) in [6.45, 7) is 20.2. The molecule has 0 aliphatic carbocycles. The highest BCUT2D eigenvalue weighted by molar-refractivity contribution is 6.13. The average molecular weight is 722 g/mol. The fourth-order valence-corrected chi connectivity index (χ4v) is 4.98. The molecule has 0 bridgehead atoms. The van der Waals surface area contributed by atoms with Crippen LogP contribution in [0.25, 0.3) is 22.8 Å². The number of rotatable bonds is 7. The summed E-state index contributed by atoms with van der Waals surface area (Å²) in [5.41, 5.74) is 5.42. The number of nitrogens with zero attached hydrogens (tertiary/aromatic N) is 8. The molecule has 0 spiro atoms. The van der Waals surface area contributed by atoms with Crippen LogP contribution in [0.4, 0.5) is 0 Å². The molecule has 4 rings (SSSR count). The number of aromatic nitrogens is 6. The van der Waals surface area contributed by atoms with Gasteiger partial charge in [0.15, 0.2) is 11.6 Å². The summed E-state index contributed by atoms with van der Waals surface area (Å²) in [4.78, 5) is 23.7. The highest BCUT2D eigenvalue weighted by atomic mass is 35.5. The van der Waals surface area contributed by atoms with E-state index in [2.05, 4.69) is 98.1 Å². The summed E-state index contributed by atoms with van der Waals surface area (Å²) < 4.78 is 5.86. The van der Waals surface area contributed by atoms with Gasteiger partial charge in [-0.1, -0.05) is 58.5 Å². The van der Waals surface area contributed by atoms with Crippen molar-refractivity contribution in [3.05, 3.63) is 67.5 Å². The van der Waals surface area contributed by atoms with Crippen LogP contribution in [0.3, 0.4) is 0 Å². The Morgan fingerprint density at radius 1 is 0.700 bits per heavy atom. The molecule has 0 saturated carbocycles. The van der Waals surface area contributed by atoms with Crippen LogP contribution in [0, 0.1) is 13.8 Å². The minimum Gasteiger partial charge on any atom is -0.508 e. The molecule has 0 radical (unpaired) electrons. The molecule has 2 aromatic heterocycles. The third-order valence-corrected chi connectivity index (χ3v) is 7.12. The summed E-state index contributed by atoms with van der Waals surface area (Å²) in [7, 11) is 1.00. The maximum absolute atomic E-state index is 11.9. The fourth-order valence-electron chi connectivity index (χ4n) is 4.95. The van der Waals surface area contributed by atoms with Crippen LogP contribution in [-0.4, -0.2) is 52.0 Å². The van der Waals surface area contributed by atoms with E-state index in [-0.39, 0.29) is 55.7 Å². The molecule has 280 valence electrons. The first kappa shape index (κ1) is 47.3. The molecule has 0 fully saturated rings. The molecule has 2 heterocycles. The minimum atomic E-state index is -0.325. The molecular weight excluding hydrogens is 666 g/mol. The third kappa shape index (κ3) is 11.9. The fraction of sp³-hybridized carbons (Fsp3) is 0.515. The van der Waals surface area contributed by atoms with Gasteiger partial charge in [0.2, 0.25) is 0 Å². The van der Waals surface area contributed by atoms with Gasteiger partial charge in [-0.3, -0.25) is 9.13 Å². The first-order valence-corrected chi connectivity index (χ1v) is 15.5. The number of aryl methyl sites for hydroxylation is 2. The van der Waals surface area contributed by atoms with Crippen LogP contribution in [0.5, 0.6) is 11.5 Å². The number of aromatic hydroxyl groups is 2. The largest absolute Gasteiger partial charge is 0.508 e. The van der Waals surface area contributed by atoms with E-state index >= 15 is 0 Å². The number of aliphatic hydroxyl groups is 1. The van der Waals surface area contributed by atoms with Crippen molar-refractivity contribution < 1.29 is 15.3 Å². The molecule has 50 heavy (non-hydrogen) atoms. The number of H-pyrrole nitrogens is 2. The Balaban J connectivity index is 0. The van der Waals surface area contributed by atoms with Crippen molar-refractivity contribution in [2.24, 2.45) is 26.1 Å². The number of phenolic OH excluding ortho intramolecular Hbond substituents is 2. The summed E-state index contributed by atoms with van der Waals surface area (Å²) in [6, 6.07) is 7.29. The summed E-state index contributed by atoms with van der Waals surface area (Å²) in [5, 5.41) is 48.4. The number of nitrogens with one attached hydrogen (secondary N) is 2. The Bertz CT molecular complexity index is 1660. The van der Waals surface area contributed by atoms with E-state index in [4.69, 9.17) is 5.11 Å². The summed E-state index contributed by atoms with van der Waals surface area (Å²) in [6.07, 6.45) is 0. The van der Waals surface area contributed by atoms with Gasteiger partial charge in [-0.15, -0.1) is 0 Å². The standard InChI is InChI=1S/C16H23N3O.C14H19N3O3.CH4O.2CH4.ClH2N5/c1-9(2)13-8-14(12(6)7-11(13)5)15-17-18-16(20)19(15)10(3)4;1-7(2)9-5-10(12(19)6-11(9)18)13-15-16-14(20)17(13)8(3)4;1-2;;;1-3-5-6-4-2/h7-10H,1-6H3,(H,18,20);5-8,18-19H,1-4H3,(H,16,20);2H,1H3;2*1H4;(H2,2,3,6). The lowest BCUT2D eigenvalue weighted by Gasteiger charge is -2.16. The number of hydrogen-bond donors (Lipinski definition) is 6. The number of benzene rings is 2. The van der Waals surface area contributed by atoms with Gasteiger partial charge in [-0.2, -0.15) is 10.2 Å². The van der Waals surface area contributed by atoms with E-state index in [0.29, 0.717) is 22.9 Å². The van der Waals surface area contributed by atoms with Crippen molar-refractivity contribution in [1.29, 1.82) is 0 Å². The number of aliphatic hydroxyl groups excluding tert-OH is 1. The van der Waals surface area contributed by atoms with Crippen LogP contribution in [0.2, 0.25) is 0 Å². The van der Waals surface area contributed by atoms with Crippen molar-refractivity contribution in [2.45, 2.75) is 108 Å². The number of nitrogens with two attached hydrogens (primary N) is 1. The van der Waals surface area contributed by atoms with Gasteiger partial charge in [0.05, 0.1) is 17.3 Å². The molecule has 0 aliphatic rings. The maximum atomic E-state index is 11.9. The second kappa shape index (κ2) is 22.0. The zero-order chi connectivity index (χ0) is 36.9. The Labute approximate surface area is 299 Å². The van der Waals surface area contributed by atoms with E-state index in [1.165, 1.54) is 21.8 Å². The Morgan fingerprint density at radius 3 is 1.52 bits per heavy atom. The van der Waals surface area contributed by atoms with Crippen LogP contribution in [-0.2, 0) is 0 Å². The predicted molar refractivity (Wildman–Crippen MR) is 200 cm³/mol. The third-order valence-electron chi connectivity index (χ3n) is 7.05. The molecule has 0 saturated heterocycles. The molecule has 7 N–H and O–H groups in total. The maximum Gasteiger partial charge on any atom is 0.343 e. The van der Waals surface area contributed by atoms with Gasteiger partial charge in [0.1, 0.15) is 11.5 Å². The monoisotopic (exact) mass is 721 g/mol. The van der Waals surface area contributed by atoms with Crippen LogP contribution < -0.4 is 17.2 Å². The van der Waals surface area contributed by atoms with Crippen LogP contribution in [0.15, 0.2) is 54.2 Å². The lowest BCUT2D eigenvalue weighted by Crippen LogP contribution is -2.19. The van der Waals surface area contributed by atoms with Gasteiger partial charge in [-0.05, 0) is 98.2 Å². The van der Waals surface area contributed by atoms with E-state index in [9.17, 15) is 19.8 Å².